The van der Waals surface area contributed by atoms with Gasteiger partial charge < -0.3 is 14.6 Å². The van der Waals surface area contributed by atoms with Gasteiger partial charge >= 0.3 is 0 Å². The highest BCUT2D eigenvalue weighted by Crippen LogP contribution is 2.63. The van der Waals surface area contributed by atoms with E-state index < -0.39 is 16.6 Å². The van der Waals surface area contributed by atoms with Crippen molar-refractivity contribution in [3.8, 4) is 0 Å². The van der Waals surface area contributed by atoms with E-state index in [0.29, 0.717) is 29.6 Å². The summed E-state index contributed by atoms with van der Waals surface area (Å²) in [5, 5.41) is 0.378. The molecule has 6 atom stereocenters. The maximum atomic E-state index is 7.11. The van der Waals surface area contributed by atoms with Gasteiger partial charge in [-0.05, 0) is 115 Å². The number of hydrogen-bond donors (Lipinski definition) is 1. The third kappa shape index (κ3) is 6.03. The molecule has 0 spiro atoms. The normalized spacial score (nSPS) is 33.0. The molecule has 0 aliphatic heterocycles. The second-order valence-corrected chi connectivity index (χ2v) is 27.0. The van der Waals surface area contributed by atoms with Gasteiger partial charge in [0, 0.05) is 25.1 Å². The molecule has 1 heterocycles. The molecule has 232 valence electrons. The molecule has 41 heavy (non-hydrogen) atoms. The second-order valence-electron chi connectivity index (χ2n) is 17.4. The lowest BCUT2D eigenvalue weighted by Gasteiger charge is -2.57. The number of rotatable bonds is 7. The molecule has 0 unspecified atom stereocenters. The van der Waals surface area contributed by atoms with Crippen molar-refractivity contribution in [2.75, 3.05) is 18.9 Å². The summed E-state index contributed by atoms with van der Waals surface area (Å²) >= 11 is 0. The first kappa shape index (κ1) is 32.9. The number of allylic oxidation sites excluding steroid dienone is 1. The van der Waals surface area contributed by atoms with Crippen LogP contribution < -0.4 is 5.73 Å². The minimum absolute atomic E-state index is 0.0710. The van der Waals surface area contributed by atoms with E-state index in [2.05, 4.69) is 93.1 Å². The molecule has 4 rings (SSSR count). The molecule has 1 aromatic heterocycles. The zero-order chi connectivity index (χ0) is 30.8. The van der Waals surface area contributed by atoms with Crippen molar-refractivity contribution < 1.29 is 8.85 Å². The number of nitrogen functional groups attached to an aromatic ring is 1. The first-order chi connectivity index (χ1) is 18.6. The average molecular weight is 600 g/mol. The standard InChI is InChI=1S/C34H61N3O2Si2/c1-23-14-15-27-26(22-39-41(12,13)32(5,6)7)28(16-17-33(23,27)8)34(9)19-24-20-36-30(35)37-29(24)18-25(34)21-38-40(10,11)31(2,3)4/h20,25-28H,1,14-19,21-22H2,2-13H3,(H2,35,36,37)/t25-,26+,27+,28+,33-,34+/m1/s1. The van der Waals surface area contributed by atoms with Crippen LogP contribution in [0, 0.1) is 34.5 Å². The average Bonchev–Trinajstić information content (AvgIpc) is 3.14. The van der Waals surface area contributed by atoms with E-state index in [-0.39, 0.29) is 20.9 Å². The predicted octanol–water partition coefficient (Wildman–Crippen LogP) is 8.82. The number of hydrogen-bond acceptors (Lipinski definition) is 5. The van der Waals surface area contributed by atoms with Crippen molar-refractivity contribution >= 4 is 22.6 Å². The summed E-state index contributed by atoms with van der Waals surface area (Å²) in [4.78, 5) is 9.19. The fourth-order valence-electron chi connectivity index (χ4n) is 7.78. The summed E-state index contributed by atoms with van der Waals surface area (Å²) in [6.45, 7) is 35.0. The lowest BCUT2D eigenvalue weighted by atomic mass is 9.49. The van der Waals surface area contributed by atoms with Gasteiger partial charge in [-0.25, -0.2) is 9.97 Å². The van der Waals surface area contributed by atoms with Gasteiger partial charge in [0.15, 0.2) is 16.6 Å². The lowest BCUT2D eigenvalue weighted by molar-refractivity contribution is -0.0709. The summed E-state index contributed by atoms with van der Waals surface area (Å²) in [6.07, 6.45) is 8.76. The van der Waals surface area contributed by atoms with Gasteiger partial charge in [-0.2, -0.15) is 0 Å². The van der Waals surface area contributed by atoms with Crippen LogP contribution in [0.5, 0.6) is 0 Å². The van der Waals surface area contributed by atoms with Crippen LogP contribution in [0.4, 0.5) is 5.95 Å². The maximum absolute atomic E-state index is 7.11. The molecule has 0 saturated heterocycles. The molecular formula is C34H61N3O2Si2. The molecule has 3 aliphatic carbocycles. The highest BCUT2D eigenvalue weighted by atomic mass is 28.4. The molecule has 5 nitrogen and oxygen atoms in total. The number of anilines is 1. The van der Waals surface area contributed by atoms with Crippen LogP contribution in [-0.4, -0.2) is 39.8 Å². The fourth-order valence-corrected chi connectivity index (χ4v) is 9.87. The van der Waals surface area contributed by atoms with Crippen LogP contribution in [0.2, 0.25) is 36.3 Å². The second kappa shape index (κ2) is 10.8. The van der Waals surface area contributed by atoms with Crippen molar-refractivity contribution in [3.05, 3.63) is 29.6 Å². The zero-order valence-electron chi connectivity index (χ0n) is 28.5. The van der Waals surface area contributed by atoms with Crippen LogP contribution >= 0.6 is 0 Å². The summed E-state index contributed by atoms with van der Waals surface area (Å²) < 4.78 is 14.1. The largest absolute Gasteiger partial charge is 0.417 e. The van der Waals surface area contributed by atoms with E-state index in [0.717, 1.165) is 38.2 Å². The van der Waals surface area contributed by atoms with Crippen LogP contribution in [0.25, 0.3) is 0 Å². The monoisotopic (exact) mass is 599 g/mol. The first-order valence-corrected chi connectivity index (χ1v) is 22.0. The fraction of sp³-hybridized carbons (Fsp3) is 0.824. The first-order valence-electron chi connectivity index (χ1n) is 16.2. The number of fused-ring (bicyclic) bond motifs is 2. The summed E-state index contributed by atoms with van der Waals surface area (Å²) in [6, 6.07) is 0. The van der Waals surface area contributed by atoms with E-state index in [1.54, 1.807) is 0 Å². The lowest BCUT2D eigenvalue weighted by Crippen LogP contribution is -2.54. The number of aromatic nitrogens is 2. The topological polar surface area (TPSA) is 70.3 Å². The van der Waals surface area contributed by atoms with E-state index in [9.17, 15) is 0 Å². The molecule has 1 aromatic rings. The Balaban J connectivity index is 1.74. The molecule has 2 saturated carbocycles. The summed E-state index contributed by atoms with van der Waals surface area (Å²) in [7, 11) is -3.81. The third-order valence-electron chi connectivity index (χ3n) is 13.0. The van der Waals surface area contributed by atoms with Crippen LogP contribution in [0.15, 0.2) is 18.3 Å². The minimum Gasteiger partial charge on any atom is -0.417 e. The number of nitrogens with zero attached hydrogens (tertiary/aromatic N) is 2. The quantitative estimate of drug-likeness (QED) is 0.250. The van der Waals surface area contributed by atoms with Gasteiger partial charge in [-0.1, -0.05) is 67.5 Å². The van der Waals surface area contributed by atoms with Gasteiger partial charge in [0.2, 0.25) is 5.95 Å². The molecule has 0 amide bonds. The Kier molecular flexibility index (Phi) is 8.70. The molecule has 0 radical (unpaired) electrons. The third-order valence-corrected chi connectivity index (χ3v) is 22.1. The Bertz CT molecular complexity index is 1140. The van der Waals surface area contributed by atoms with Crippen molar-refractivity contribution in [3.63, 3.8) is 0 Å². The van der Waals surface area contributed by atoms with Gasteiger partial charge in [0.25, 0.3) is 0 Å². The van der Waals surface area contributed by atoms with E-state index in [4.69, 9.17) is 19.6 Å². The van der Waals surface area contributed by atoms with Gasteiger partial charge in [-0.3, -0.25) is 0 Å². The Morgan fingerprint density at radius 3 is 2.12 bits per heavy atom. The minimum atomic E-state index is -1.91. The molecule has 3 aliphatic rings. The smallest absolute Gasteiger partial charge is 0.220 e. The molecule has 0 bridgehead atoms. The highest BCUT2D eigenvalue weighted by molar-refractivity contribution is 6.74. The highest BCUT2D eigenvalue weighted by Gasteiger charge is 2.57. The van der Waals surface area contributed by atoms with Gasteiger partial charge in [-0.15, -0.1) is 0 Å². The molecule has 2 N–H and O–H groups in total. The summed E-state index contributed by atoms with van der Waals surface area (Å²) in [5.74, 6) is 2.46. The van der Waals surface area contributed by atoms with Gasteiger partial charge in [0.1, 0.15) is 0 Å². The Morgan fingerprint density at radius 1 is 0.951 bits per heavy atom. The van der Waals surface area contributed by atoms with Crippen LogP contribution in [0.3, 0.4) is 0 Å². The Labute approximate surface area is 254 Å². The molecule has 0 aromatic carbocycles. The van der Waals surface area contributed by atoms with Crippen molar-refractivity contribution in [2.24, 2.45) is 34.5 Å². The van der Waals surface area contributed by atoms with Crippen molar-refractivity contribution in [2.45, 2.75) is 130 Å². The van der Waals surface area contributed by atoms with Gasteiger partial charge in [0.05, 0.1) is 0 Å². The Morgan fingerprint density at radius 2 is 1.54 bits per heavy atom. The van der Waals surface area contributed by atoms with E-state index in [1.807, 2.05) is 6.20 Å². The van der Waals surface area contributed by atoms with E-state index >= 15 is 0 Å². The molecular weight excluding hydrogens is 539 g/mol. The molecule has 2 fully saturated rings. The molecule has 7 heteroatoms. The number of nitrogens with two attached hydrogens (primary N) is 1. The van der Waals surface area contributed by atoms with Crippen LogP contribution in [-0.2, 0) is 21.7 Å². The van der Waals surface area contributed by atoms with E-state index in [1.165, 1.54) is 30.4 Å². The SMILES string of the molecule is C=C1CC[C@H]2[C@H](CO[Si](C)(C)C(C)(C)C)[C@@H]([C@@]3(C)Cc4cnc(N)nc4C[C@@H]3CO[Si](C)(C)C(C)(C)C)CC[C@]12C. The van der Waals surface area contributed by atoms with Crippen LogP contribution in [0.1, 0.15) is 92.3 Å². The maximum Gasteiger partial charge on any atom is 0.220 e. The summed E-state index contributed by atoms with van der Waals surface area (Å²) in [5.41, 5.74) is 10.3. The predicted molar refractivity (Wildman–Crippen MR) is 178 cm³/mol. The zero-order valence-corrected chi connectivity index (χ0v) is 30.5. The van der Waals surface area contributed by atoms with Crippen molar-refractivity contribution in [1.82, 2.24) is 9.97 Å². The van der Waals surface area contributed by atoms with Crippen molar-refractivity contribution in [1.29, 1.82) is 0 Å². The Hall–Kier alpha value is -1.03.